The van der Waals surface area contributed by atoms with Crippen molar-refractivity contribution in [3.05, 3.63) is 35.5 Å². The fourth-order valence-corrected chi connectivity index (χ4v) is 3.53. The van der Waals surface area contributed by atoms with Gasteiger partial charge in [-0.15, -0.1) is 0 Å². The third kappa shape index (κ3) is 2.50. The van der Waals surface area contributed by atoms with Crippen LogP contribution in [0, 0.1) is 5.92 Å². The van der Waals surface area contributed by atoms with Crippen LogP contribution in [0.25, 0.3) is 11.3 Å². The largest absolute Gasteiger partial charge is 0.488 e. The van der Waals surface area contributed by atoms with Crippen molar-refractivity contribution in [2.45, 2.75) is 45.3 Å². The predicted octanol–water partition coefficient (Wildman–Crippen LogP) is 3.54. The molecule has 1 N–H and O–H groups in total. The van der Waals surface area contributed by atoms with Crippen LogP contribution >= 0.6 is 0 Å². The smallest absolute Gasteiger partial charge is 0.274 e. The van der Waals surface area contributed by atoms with Crippen LogP contribution < -0.4 is 10.1 Å². The molecule has 1 saturated carbocycles. The molecule has 1 aliphatic carbocycles. The fourth-order valence-electron chi connectivity index (χ4n) is 3.53. The number of benzene rings is 1. The van der Waals surface area contributed by atoms with Crippen molar-refractivity contribution in [1.82, 2.24) is 10.5 Å². The maximum Gasteiger partial charge on any atom is 0.274 e. The number of hydrogen-bond acceptors (Lipinski definition) is 4. The lowest BCUT2D eigenvalue weighted by Crippen LogP contribution is -2.41. The second-order valence-electron chi connectivity index (χ2n) is 6.47. The van der Waals surface area contributed by atoms with Gasteiger partial charge < -0.3 is 14.6 Å². The Kier molecular flexibility index (Phi) is 3.56. The van der Waals surface area contributed by atoms with Crippen LogP contribution in [0.15, 0.2) is 28.8 Å². The summed E-state index contributed by atoms with van der Waals surface area (Å²) in [6.45, 7) is 2.51. The Morgan fingerprint density at radius 3 is 2.96 bits per heavy atom. The van der Waals surface area contributed by atoms with Crippen LogP contribution in [-0.4, -0.2) is 17.1 Å². The number of carbonyl (C=O) groups excluding carboxylic acids is 1. The first-order valence-electron chi connectivity index (χ1n) is 8.25. The van der Waals surface area contributed by atoms with E-state index in [1.807, 2.05) is 24.3 Å². The third-order valence-corrected chi connectivity index (χ3v) is 4.93. The van der Waals surface area contributed by atoms with Gasteiger partial charge in [-0.2, -0.15) is 0 Å². The predicted molar refractivity (Wildman–Crippen MR) is 85.2 cm³/mol. The van der Waals surface area contributed by atoms with E-state index in [9.17, 15) is 4.79 Å². The Hall–Kier alpha value is -2.30. The van der Waals surface area contributed by atoms with Crippen LogP contribution in [0.1, 0.15) is 48.7 Å². The number of hydrogen-bond donors (Lipinski definition) is 1. The molecule has 2 aromatic rings. The summed E-state index contributed by atoms with van der Waals surface area (Å²) in [4.78, 5) is 12.6. The average molecular weight is 312 g/mol. The molecule has 0 bridgehead atoms. The Morgan fingerprint density at radius 1 is 1.26 bits per heavy atom. The molecule has 1 fully saturated rings. The van der Waals surface area contributed by atoms with Gasteiger partial charge in [0.15, 0.2) is 11.5 Å². The molecule has 2 atom stereocenters. The van der Waals surface area contributed by atoms with Gasteiger partial charge in [0.05, 0.1) is 11.1 Å². The number of aromatic nitrogens is 1. The molecule has 0 radical (unpaired) electrons. The highest BCUT2D eigenvalue weighted by atomic mass is 16.5. The maximum absolute atomic E-state index is 12.6. The second kappa shape index (κ2) is 5.72. The first-order chi connectivity index (χ1) is 11.2. The van der Waals surface area contributed by atoms with Crippen molar-refractivity contribution in [2.75, 3.05) is 0 Å². The highest BCUT2D eigenvalue weighted by molar-refractivity contribution is 5.95. The Balaban J connectivity index is 1.59. The summed E-state index contributed by atoms with van der Waals surface area (Å²) in [6, 6.07) is 7.87. The summed E-state index contributed by atoms with van der Waals surface area (Å²) in [7, 11) is 0. The molecule has 0 saturated heterocycles. The average Bonchev–Trinajstić information content (AvgIpc) is 3.01. The van der Waals surface area contributed by atoms with Crippen LogP contribution in [0.5, 0.6) is 5.75 Å². The van der Waals surface area contributed by atoms with Crippen LogP contribution in [-0.2, 0) is 6.61 Å². The van der Waals surface area contributed by atoms with Crippen molar-refractivity contribution >= 4 is 5.91 Å². The first-order valence-corrected chi connectivity index (χ1v) is 8.25. The molecule has 1 aromatic heterocycles. The van der Waals surface area contributed by atoms with Crippen molar-refractivity contribution in [2.24, 2.45) is 5.92 Å². The van der Waals surface area contributed by atoms with Crippen LogP contribution in [0.3, 0.4) is 0 Å². The number of fused-ring (bicyclic) bond motifs is 3. The van der Waals surface area contributed by atoms with Crippen LogP contribution in [0.2, 0.25) is 0 Å². The third-order valence-electron chi connectivity index (χ3n) is 4.93. The van der Waals surface area contributed by atoms with E-state index in [-0.39, 0.29) is 11.9 Å². The van der Waals surface area contributed by atoms with Gasteiger partial charge >= 0.3 is 0 Å². The Morgan fingerprint density at radius 2 is 2.09 bits per heavy atom. The minimum absolute atomic E-state index is 0.156. The van der Waals surface area contributed by atoms with E-state index in [0.717, 1.165) is 23.3 Å². The molecule has 1 aliphatic heterocycles. The molecule has 1 amide bonds. The number of para-hydroxylation sites is 1. The van der Waals surface area contributed by atoms with E-state index in [1.54, 1.807) is 0 Å². The fraction of sp³-hybridized carbons (Fsp3) is 0.444. The van der Waals surface area contributed by atoms with Gasteiger partial charge in [-0.3, -0.25) is 4.79 Å². The summed E-state index contributed by atoms with van der Waals surface area (Å²) >= 11 is 0. The van der Waals surface area contributed by atoms with Crippen molar-refractivity contribution in [3.8, 4) is 17.1 Å². The van der Waals surface area contributed by atoms with Crippen molar-refractivity contribution in [1.29, 1.82) is 0 Å². The SMILES string of the molecule is CC1CCCCC1NC(=O)c1noc2c1COc1ccccc1-2. The van der Waals surface area contributed by atoms with E-state index >= 15 is 0 Å². The van der Waals surface area contributed by atoms with Gasteiger partial charge in [-0.05, 0) is 30.9 Å². The summed E-state index contributed by atoms with van der Waals surface area (Å²) in [5, 5.41) is 7.15. The normalized spacial score (nSPS) is 22.7. The zero-order chi connectivity index (χ0) is 15.8. The number of amides is 1. The van der Waals surface area contributed by atoms with Gasteiger partial charge in [-0.1, -0.05) is 37.1 Å². The van der Waals surface area contributed by atoms with Gasteiger partial charge in [0.2, 0.25) is 0 Å². The molecule has 2 aliphatic rings. The number of nitrogens with one attached hydrogen (secondary N) is 1. The molecular weight excluding hydrogens is 292 g/mol. The lowest BCUT2D eigenvalue weighted by Gasteiger charge is -2.29. The lowest BCUT2D eigenvalue weighted by atomic mass is 9.86. The summed E-state index contributed by atoms with van der Waals surface area (Å²) in [5.74, 6) is 1.77. The summed E-state index contributed by atoms with van der Waals surface area (Å²) in [6.07, 6.45) is 4.62. The Bertz CT molecular complexity index is 738. The minimum atomic E-state index is -0.156. The minimum Gasteiger partial charge on any atom is -0.488 e. The zero-order valence-electron chi connectivity index (χ0n) is 13.2. The van der Waals surface area contributed by atoms with Gasteiger partial charge in [-0.25, -0.2) is 0 Å². The summed E-state index contributed by atoms with van der Waals surface area (Å²) in [5.41, 5.74) is 1.95. The second-order valence-corrected chi connectivity index (χ2v) is 6.47. The number of ether oxygens (including phenoxy) is 1. The molecule has 0 spiro atoms. The number of nitrogens with zero attached hydrogens (tertiary/aromatic N) is 1. The molecular formula is C18H20N2O3. The first kappa shape index (κ1) is 14.3. The van der Waals surface area contributed by atoms with Crippen molar-refractivity contribution < 1.29 is 14.1 Å². The zero-order valence-corrected chi connectivity index (χ0v) is 13.2. The molecule has 4 rings (SSSR count). The van der Waals surface area contributed by atoms with Crippen LogP contribution in [0.4, 0.5) is 0 Å². The molecule has 23 heavy (non-hydrogen) atoms. The highest BCUT2D eigenvalue weighted by Crippen LogP contribution is 2.38. The number of rotatable bonds is 2. The molecule has 5 heteroatoms. The maximum atomic E-state index is 12.6. The highest BCUT2D eigenvalue weighted by Gasteiger charge is 2.30. The lowest BCUT2D eigenvalue weighted by molar-refractivity contribution is 0.0899. The van der Waals surface area contributed by atoms with E-state index in [4.69, 9.17) is 9.26 Å². The summed E-state index contributed by atoms with van der Waals surface area (Å²) < 4.78 is 11.2. The van der Waals surface area contributed by atoms with Gasteiger partial charge in [0, 0.05) is 6.04 Å². The van der Waals surface area contributed by atoms with E-state index < -0.39 is 0 Å². The Labute approximate surface area is 135 Å². The molecule has 5 nitrogen and oxygen atoms in total. The van der Waals surface area contributed by atoms with E-state index in [1.165, 1.54) is 19.3 Å². The molecule has 1 aromatic carbocycles. The topological polar surface area (TPSA) is 64.4 Å². The van der Waals surface area contributed by atoms with Gasteiger partial charge in [0.25, 0.3) is 5.91 Å². The van der Waals surface area contributed by atoms with E-state index in [0.29, 0.717) is 24.0 Å². The van der Waals surface area contributed by atoms with Crippen molar-refractivity contribution in [3.63, 3.8) is 0 Å². The quantitative estimate of drug-likeness (QED) is 0.921. The standard InChI is InChI=1S/C18H20N2O3/c1-11-6-2-4-8-14(11)19-18(21)16-13-10-22-15-9-5-3-7-12(15)17(13)23-20-16/h3,5,7,9,11,14H,2,4,6,8,10H2,1H3,(H,19,21). The van der Waals surface area contributed by atoms with Gasteiger partial charge in [0.1, 0.15) is 12.4 Å². The molecule has 2 heterocycles. The molecule has 120 valence electrons. The van der Waals surface area contributed by atoms with E-state index in [2.05, 4.69) is 17.4 Å². The monoisotopic (exact) mass is 312 g/mol. The number of carbonyl (C=O) groups is 1. The molecule has 2 unspecified atom stereocenters.